The molecular formula is C18H19Cl2N3O2. The van der Waals surface area contributed by atoms with Crippen LogP contribution in [-0.4, -0.2) is 36.3 Å². The standard InChI is InChI=1S/C18H19Cl2N3O2/c1-12(18(25)22-16-5-3-4-14(20)10-16)23(2)11-17(24)21-15-8-6-13(19)7-9-15/h3-10,12H,11H2,1-2H3,(H,21,24)(H,22,25)/t12-/m1/s1. The van der Waals surface area contributed by atoms with Gasteiger partial charge in [0.15, 0.2) is 0 Å². The first-order valence-electron chi connectivity index (χ1n) is 7.67. The molecule has 0 aliphatic carbocycles. The summed E-state index contributed by atoms with van der Waals surface area (Å²) in [5.41, 5.74) is 1.27. The number of nitrogens with zero attached hydrogens (tertiary/aromatic N) is 1. The molecule has 0 aliphatic rings. The summed E-state index contributed by atoms with van der Waals surface area (Å²) in [5.74, 6) is -0.434. The normalized spacial score (nSPS) is 11.9. The van der Waals surface area contributed by atoms with Crippen molar-refractivity contribution < 1.29 is 9.59 Å². The lowest BCUT2D eigenvalue weighted by molar-refractivity contribution is -0.122. The number of nitrogens with one attached hydrogen (secondary N) is 2. The third kappa shape index (κ3) is 6.05. The van der Waals surface area contributed by atoms with Crippen molar-refractivity contribution >= 4 is 46.4 Å². The summed E-state index contributed by atoms with van der Waals surface area (Å²) in [6, 6.07) is 13.2. The molecule has 0 unspecified atom stereocenters. The second kappa shape index (κ2) is 8.85. The van der Waals surface area contributed by atoms with Gasteiger partial charge in [-0.25, -0.2) is 0 Å². The van der Waals surface area contributed by atoms with Gasteiger partial charge in [0.25, 0.3) is 0 Å². The van der Waals surface area contributed by atoms with Crippen molar-refractivity contribution in [3.8, 4) is 0 Å². The van der Waals surface area contributed by atoms with Crippen molar-refractivity contribution in [1.29, 1.82) is 0 Å². The molecule has 0 bridgehead atoms. The molecule has 5 nitrogen and oxygen atoms in total. The largest absolute Gasteiger partial charge is 0.325 e. The average molecular weight is 380 g/mol. The van der Waals surface area contributed by atoms with Gasteiger partial charge in [0.2, 0.25) is 11.8 Å². The van der Waals surface area contributed by atoms with Crippen LogP contribution in [0.15, 0.2) is 48.5 Å². The number of anilines is 2. The Bertz CT molecular complexity index is 750. The molecular weight excluding hydrogens is 361 g/mol. The highest BCUT2D eigenvalue weighted by Crippen LogP contribution is 2.16. The van der Waals surface area contributed by atoms with Crippen molar-refractivity contribution in [2.24, 2.45) is 0 Å². The second-order valence-electron chi connectivity index (χ2n) is 5.65. The maximum Gasteiger partial charge on any atom is 0.241 e. The first kappa shape index (κ1) is 19.2. The molecule has 0 saturated heterocycles. The Morgan fingerprint density at radius 3 is 2.32 bits per heavy atom. The van der Waals surface area contributed by atoms with Gasteiger partial charge >= 0.3 is 0 Å². The Morgan fingerprint density at radius 2 is 1.68 bits per heavy atom. The maximum absolute atomic E-state index is 12.3. The van der Waals surface area contributed by atoms with Crippen LogP contribution in [0.2, 0.25) is 10.0 Å². The highest BCUT2D eigenvalue weighted by Gasteiger charge is 2.20. The van der Waals surface area contributed by atoms with Crippen molar-refractivity contribution in [2.45, 2.75) is 13.0 Å². The van der Waals surface area contributed by atoms with Crippen LogP contribution in [0.25, 0.3) is 0 Å². The fourth-order valence-corrected chi connectivity index (χ4v) is 2.43. The molecule has 0 spiro atoms. The summed E-state index contributed by atoms with van der Waals surface area (Å²) in [7, 11) is 1.71. The van der Waals surface area contributed by atoms with E-state index in [1.807, 2.05) is 0 Å². The van der Waals surface area contributed by atoms with E-state index in [-0.39, 0.29) is 18.4 Å². The molecule has 0 aromatic heterocycles. The van der Waals surface area contributed by atoms with Crippen LogP contribution < -0.4 is 10.6 Å². The number of rotatable bonds is 6. The van der Waals surface area contributed by atoms with E-state index in [9.17, 15) is 9.59 Å². The molecule has 1 atom stereocenters. The highest BCUT2D eigenvalue weighted by molar-refractivity contribution is 6.31. The Kier molecular flexibility index (Phi) is 6.82. The highest BCUT2D eigenvalue weighted by atomic mass is 35.5. The van der Waals surface area contributed by atoms with Crippen LogP contribution in [-0.2, 0) is 9.59 Å². The SMILES string of the molecule is C[C@H](C(=O)Nc1cccc(Cl)c1)N(C)CC(=O)Nc1ccc(Cl)cc1. The number of carbonyl (C=O) groups excluding carboxylic acids is 2. The first-order valence-corrected chi connectivity index (χ1v) is 8.43. The molecule has 0 radical (unpaired) electrons. The second-order valence-corrected chi connectivity index (χ2v) is 6.52. The van der Waals surface area contributed by atoms with Crippen LogP contribution in [0.1, 0.15) is 6.92 Å². The van der Waals surface area contributed by atoms with Crippen LogP contribution >= 0.6 is 23.2 Å². The zero-order valence-electron chi connectivity index (χ0n) is 13.9. The predicted molar refractivity (Wildman–Crippen MR) is 102 cm³/mol. The zero-order chi connectivity index (χ0) is 18.4. The van der Waals surface area contributed by atoms with Gasteiger partial charge in [0.1, 0.15) is 0 Å². The Balaban J connectivity index is 1.88. The van der Waals surface area contributed by atoms with Crippen LogP contribution in [0.5, 0.6) is 0 Å². The van der Waals surface area contributed by atoms with E-state index in [4.69, 9.17) is 23.2 Å². The smallest absolute Gasteiger partial charge is 0.241 e. The van der Waals surface area contributed by atoms with E-state index in [1.165, 1.54) is 0 Å². The minimum atomic E-state index is -0.491. The summed E-state index contributed by atoms with van der Waals surface area (Å²) in [6.45, 7) is 1.81. The third-order valence-electron chi connectivity index (χ3n) is 3.65. The van der Waals surface area contributed by atoms with Crippen molar-refractivity contribution in [3.63, 3.8) is 0 Å². The fraction of sp³-hybridized carbons (Fsp3) is 0.222. The number of hydrogen-bond donors (Lipinski definition) is 2. The van der Waals surface area contributed by atoms with E-state index in [1.54, 1.807) is 67.4 Å². The molecule has 25 heavy (non-hydrogen) atoms. The van der Waals surface area contributed by atoms with Crippen molar-refractivity contribution in [1.82, 2.24) is 4.90 Å². The van der Waals surface area contributed by atoms with Crippen molar-refractivity contribution in [3.05, 3.63) is 58.6 Å². The maximum atomic E-state index is 12.3. The van der Waals surface area contributed by atoms with Crippen molar-refractivity contribution in [2.75, 3.05) is 24.2 Å². The Labute approximate surface area is 156 Å². The molecule has 0 heterocycles. The quantitative estimate of drug-likeness (QED) is 0.799. The summed E-state index contributed by atoms with van der Waals surface area (Å²) in [5, 5.41) is 6.69. The molecule has 0 saturated carbocycles. The zero-order valence-corrected chi connectivity index (χ0v) is 15.4. The van der Waals surface area contributed by atoms with Gasteiger partial charge < -0.3 is 10.6 Å². The predicted octanol–water partition coefficient (Wildman–Crippen LogP) is 3.89. The third-order valence-corrected chi connectivity index (χ3v) is 4.14. The van der Waals surface area contributed by atoms with Gasteiger partial charge in [-0.15, -0.1) is 0 Å². The lowest BCUT2D eigenvalue weighted by Crippen LogP contribution is -2.43. The van der Waals surface area contributed by atoms with Gasteiger partial charge in [-0.3, -0.25) is 14.5 Å². The molecule has 2 aromatic rings. The monoisotopic (exact) mass is 379 g/mol. The molecule has 0 aliphatic heterocycles. The average Bonchev–Trinajstić information content (AvgIpc) is 2.56. The van der Waals surface area contributed by atoms with Gasteiger partial charge in [-0.05, 0) is 56.4 Å². The van der Waals surface area contributed by atoms with E-state index in [2.05, 4.69) is 10.6 Å². The summed E-state index contributed by atoms with van der Waals surface area (Å²) >= 11 is 11.7. The number of carbonyl (C=O) groups is 2. The first-order chi connectivity index (χ1) is 11.8. The Morgan fingerprint density at radius 1 is 1.00 bits per heavy atom. The van der Waals surface area contributed by atoms with Crippen LogP contribution in [0.4, 0.5) is 11.4 Å². The van der Waals surface area contributed by atoms with Gasteiger partial charge in [0, 0.05) is 21.4 Å². The number of halogens is 2. The van der Waals surface area contributed by atoms with Crippen LogP contribution in [0, 0.1) is 0 Å². The summed E-state index contributed by atoms with van der Waals surface area (Å²) < 4.78 is 0. The molecule has 132 valence electrons. The number of amides is 2. The number of hydrogen-bond acceptors (Lipinski definition) is 3. The lowest BCUT2D eigenvalue weighted by atomic mass is 10.2. The van der Waals surface area contributed by atoms with Crippen LogP contribution in [0.3, 0.4) is 0 Å². The molecule has 7 heteroatoms. The van der Waals surface area contributed by atoms with Gasteiger partial charge in [-0.2, -0.15) is 0 Å². The molecule has 0 fully saturated rings. The number of benzene rings is 2. The minimum Gasteiger partial charge on any atom is -0.325 e. The number of likely N-dealkylation sites (N-methyl/N-ethyl adjacent to an activating group) is 1. The lowest BCUT2D eigenvalue weighted by Gasteiger charge is -2.23. The van der Waals surface area contributed by atoms with Gasteiger partial charge in [0.05, 0.1) is 12.6 Å². The van der Waals surface area contributed by atoms with E-state index >= 15 is 0 Å². The minimum absolute atomic E-state index is 0.0761. The summed E-state index contributed by atoms with van der Waals surface area (Å²) in [6.07, 6.45) is 0. The fourth-order valence-electron chi connectivity index (χ4n) is 2.11. The van der Waals surface area contributed by atoms with Gasteiger partial charge in [-0.1, -0.05) is 29.3 Å². The topological polar surface area (TPSA) is 61.4 Å². The van der Waals surface area contributed by atoms with E-state index in [0.29, 0.717) is 21.4 Å². The molecule has 2 amide bonds. The molecule has 2 N–H and O–H groups in total. The van der Waals surface area contributed by atoms with E-state index in [0.717, 1.165) is 0 Å². The molecule has 2 rings (SSSR count). The molecule has 2 aromatic carbocycles. The Hall–Kier alpha value is -2.08. The summed E-state index contributed by atoms with van der Waals surface area (Å²) in [4.78, 5) is 26.1. The van der Waals surface area contributed by atoms with E-state index < -0.39 is 6.04 Å².